The lowest BCUT2D eigenvalue weighted by molar-refractivity contribution is 0.570. The number of nitrogens with zero attached hydrogens (tertiary/aromatic N) is 2. The number of rotatable bonds is 7. The van der Waals surface area contributed by atoms with E-state index in [0.29, 0.717) is 11.8 Å². The van der Waals surface area contributed by atoms with E-state index in [1.807, 2.05) is 12.1 Å². The van der Waals surface area contributed by atoms with Gasteiger partial charge >= 0.3 is 0 Å². The van der Waals surface area contributed by atoms with Gasteiger partial charge in [0.1, 0.15) is 6.26 Å². The van der Waals surface area contributed by atoms with Gasteiger partial charge in [-0.25, -0.2) is 4.98 Å². The highest BCUT2D eigenvalue weighted by atomic mass is 127. The Morgan fingerprint density at radius 2 is 1.84 bits per heavy atom. The van der Waals surface area contributed by atoms with Crippen molar-refractivity contribution in [1.29, 1.82) is 0 Å². The number of aromatic nitrogens is 1. The summed E-state index contributed by atoms with van der Waals surface area (Å²) in [4.78, 5) is 8.78. The summed E-state index contributed by atoms with van der Waals surface area (Å²) < 4.78 is 5.58. The number of hydrogen-bond acceptors (Lipinski definition) is 3. The number of halogens is 1. The van der Waals surface area contributed by atoms with E-state index in [2.05, 4.69) is 53.5 Å². The molecule has 0 aliphatic rings. The first-order valence-electron chi connectivity index (χ1n) is 8.54. The second-order valence-electron chi connectivity index (χ2n) is 6.37. The summed E-state index contributed by atoms with van der Waals surface area (Å²) in [5, 5.41) is 6.62. The minimum Gasteiger partial charge on any atom is -0.444 e. The number of aryl methyl sites for hydroxylation is 1. The van der Waals surface area contributed by atoms with Crippen molar-refractivity contribution in [2.75, 3.05) is 20.1 Å². The largest absolute Gasteiger partial charge is 0.444 e. The van der Waals surface area contributed by atoms with Gasteiger partial charge in [0, 0.05) is 32.1 Å². The van der Waals surface area contributed by atoms with E-state index in [4.69, 9.17) is 4.42 Å². The molecule has 1 heterocycles. The van der Waals surface area contributed by atoms with Crippen molar-refractivity contribution in [1.82, 2.24) is 15.6 Å². The highest BCUT2D eigenvalue weighted by Crippen LogP contribution is 2.19. The van der Waals surface area contributed by atoms with Crippen LogP contribution in [-0.2, 0) is 6.42 Å². The molecule has 5 nitrogen and oxygen atoms in total. The van der Waals surface area contributed by atoms with Crippen molar-refractivity contribution in [2.24, 2.45) is 10.9 Å². The maximum Gasteiger partial charge on any atom is 0.226 e. The fourth-order valence-electron chi connectivity index (χ4n) is 2.26. The predicted octanol–water partition coefficient (Wildman–Crippen LogP) is 4.02. The van der Waals surface area contributed by atoms with Crippen molar-refractivity contribution < 1.29 is 4.42 Å². The Labute approximate surface area is 167 Å². The summed E-state index contributed by atoms with van der Waals surface area (Å²) >= 11 is 0. The minimum absolute atomic E-state index is 0. The van der Waals surface area contributed by atoms with Crippen molar-refractivity contribution in [3.05, 3.63) is 41.8 Å². The number of nitrogens with one attached hydrogen (secondary N) is 2. The van der Waals surface area contributed by atoms with Crippen LogP contribution < -0.4 is 10.6 Å². The first kappa shape index (κ1) is 21.5. The van der Waals surface area contributed by atoms with Gasteiger partial charge in [-0.3, -0.25) is 4.99 Å². The fourth-order valence-corrected chi connectivity index (χ4v) is 2.26. The van der Waals surface area contributed by atoms with E-state index >= 15 is 0 Å². The van der Waals surface area contributed by atoms with Gasteiger partial charge in [0.15, 0.2) is 5.96 Å². The summed E-state index contributed by atoms with van der Waals surface area (Å²) in [5.41, 5.74) is 3.17. The zero-order valence-electron chi connectivity index (χ0n) is 15.5. The standard InChI is InChI=1S/C19H28N4O.HI/c1-14(2)9-11-21-19(20-4)22-12-10-17-13-24-18(23-17)16-7-5-15(3)6-8-16;/h5-8,13-14H,9-12H2,1-4H3,(H2,20,21,22);1H. The van der Waals surface area contributed by atoms with Gasteiger partial charge in [-0.1, -0.05) is 31.5 Å². The van der Waals surface area contributed by atoms with Crippen molar-refractivity contribution >= 4 is 29.9 Å². The number of guanidine groups is 1. The van der Waals surface area contributed by atoms with Gasteiger partial charge in [-0.15, -0.1) is 24.0 Å². The molecule has 0 spiro atoms. The number of oxazole rings is 1. The van der Waals surface area contributed by atoms with Crippen LogP contribution in [0.3, 0.4) is 0 Å². The number of hydrogen-bond donors (Lipinski definition) is 2. The van der Waals surface area contributed by atoms with Crippen LogP contribution in [0.5, 0.6) is 0 Å². The van der Waals surface area contributed by atoms with Gasteiger partial charge in [-0.05, 0) is 31.4 Å². The van der Waals surface area contributed by atoms with Crippen LogP contribution in [0.25, 0.3) is 11.5 Å². The molecule has 0 radical (unpaired) electrons. The molecule has 0 fully saturated rings. The van der Waals surface area contributed by atoms with Crippen molar-refractivity contribution in [3.63, 3.8) is 0 Å². The Kier molecular flexibility index (Phi) is 9.55. The highest BCUT2D eigenvalue weighted by molar-refractivity contribution is 14.0. The zero-order valence-corrected chi connectivity index (χ0v) is 17.8. The molecule has 2 rings (SSSR count). The summed E-state index contributed by atoms with van der Waals surface area (Å²) in [6, 6.07) is 8.19. The smallest absolute Gasteiger partial charge is 0.226 e. The van der Waals surface area contributed by atoms with Crippen LogP contribution in [0, 0.1) is 12.8 Å². The third-order valence-electron chi connectivity index (χ3n) is 3.76. The lowest BCUT2D eigenvalue weighted by Crippen LogP contribution is -2.39. The molecule has 0 saturated carbocycles. The molecular formula is C19H29IN4O. The molecule has 2 aromatic rings. The second kappa shape index (κ2) is 11.1. The van der Waals surface area contributed by atoms with Gasteiger partial charge in [-0.2, -0.15) is 0 Å². The van der Waals surface area contributed by atoms with Gasteiger partial charge in [0.2, 0.25) is 5.89 Å². The van der Waals surface area contributed by atoms with E-state index in [-0.39, 0.29) is 24.0 Å². The molecule has 1 aromatic carbocycles. The van der Waals surface area contributed by atoms with Crippen LogP contribution in [0.4, 0.5) is 0 Å². The zero-order chi connectivity index (χ0) is 17.4. The molecule has 138 valence electrons. The van der Waals surface area contributed by atoms with E-state index in [0.717, 1.165) is 43.1 Å². The van der Waals surface area contributed by atoms with Crippen molar-refractivity contribution in [3.8, 4) is 11.5 Å². The Balaban J connectivity index is 0.00000312. The molecule has 0 atom stereocenters. The molecular weight excluding hydrogens is 427 g/mol. The Bertz CT molecular complexity index is 650. The van der Waals surface area contributed by atoms with Crippen LogP contribution in [0.1, 0.15) is 31.5 Å². The minimum atomic E-state index is 0. The third kappa shape index (κ3) is 7.46. The van der Waals surface area contributed by atoms with E-state index < -0.39 is 0 Å². The number of aliphatic imine (C=N–C) groups is 1. The molecule has 0 aliphatic heterocycles. The Morgan fingerprint density at radius 1 is 1.16 bits per heavy atom. The summed E-state index contributed by atoms with van der Waals surface area (Å²) in [5.74, 6) is 2.19. The first-order chi connectivity index (χ1) is 11.6. The van der Waals surface area contributed by atoms with Crippen LogP contribution in [0.15, 0.2) is 39.9 Å². The van der Waals surface area contributed by atoms with E-state index in [1.165, 1.54) is 5.56 Å². The topological polar surface area (TPSA) is 62.5 Å². The molecule has 0 unspecified atom stereocenters. The van der Waals surface area contributed by atoms with E-state index in [1.54, 1.807) is 13.3 Å². The van der Waals surface area contributed by atoms with Crippen LogP contribution in [-0.4, -0.2) is 31.1 Å². The average Bonchev–Trinajstić information content (AvgIpc) is 3.02. The second-order valence-corrected chi connectivity index (χ2v) is 6.37. The lowest BCUT2D eigenvalue weighted by atomic mass is 10.1. The maximum atomic E-state index is 5.58. The Morgan fingerprint density at radius 3 is 2.48 bits per heavy atom. The summed E-state index contributed by atoms with van der Waals surface area (Å²) in [7, 11) is 1.79. The predicted molar refractivity (Wildman–Crippen MR) is 115 cm³/mol. The lowest BCUT2D eigenvalue weighted by Gasteiger charge is -2.12. The highest BCUT2D eigenvalue weighted by Gasteiger charge is 2.07. The monoisotopic (exact) mass is 456 g/mol. The van der Waals surface area contributed by atoms with Gasteiger partial charge in [0.05, 0.1) is 5.69 Å². The first-order valence-corrected chi connectivity index (χ1v) is 8.54. The summed E-state index contributed by atoms with van der Waals surface area (Å²) in [6.45, 7) is 8.20. The number of benzene rings is 1. The molecule has 0 amide bonds. The quantitative estimate of drug-likeness (QED) is 0.375. The normalized spacial score (nSPS) is 11.3. The molecule has 2 N–H and O–H groups in total. The molecule has 1 aromatic heterocycles. The molecule has 0 bridgehead atoms. The summed E-state index contributed by atoms with van der Waals surface area (Å²) in [6.07, 6.45) is 3.65. The van der Waals surface area contributed by atoms with E-state index in [9.17, 15) is 0 Å². The maximum absolute atomic E-state index is 5.58. The molecule has 6 heteroatoms. The van der Waals surface area contributed by atoms with Crippen molar-refractivity contribution in [2.45, 2.75) is 33.6 Å². The third-order valence-corrected chi connectivity index (χ3v) is 3.76. The fraction of sp³-hybridized carbons (Fsp3) is 0.474. The SMILES string of the molecule is CN=C(NCCc1coc(-c2ccc(C)cc2)n1)NCCC(C)C.I. The molecule has 25 heavy (non-hydrogen) atoms. The van der Waals surface area contributed by atoms with Crippen LogP contribution in [0.2, 0.25) is 0 Å². The van der Waals surface area contributed by atoms with Gasteiger partial charge < -0.3 is 15.1 Å². The molecule has 0 saturated heterocycles. The van der Waals surface area contributed by atoms with Crippen LogP contribution >= 0.6 is 24.0 Å². The Hall–Kier alpha value is -1.57. The van der Waals surface area contributed by atoms with Gasteiger partial charge in [0.25, 0.3) is 0 Å². The average molecular weight is 456 g/mol. The molecule has 0 aliphatic carbocycles.